The molecule has 0 aliphatic carbocycles. The van der Waals surface area contributed by atoms with Gasteiger partial charge in [-0.25, -0.2) is 4.39 Å². The first-order valence-corrected chi connectivity index (χ1v) is 5.74. The molecule has 1 atom stereocenters. The van der Waals surface area contributed by atoms with E-state index in [2.05, 4.69) is 10.1 Å². The van der Waals surface area contributed by atoms with E-state index >= 15 is 0 Å². The van der Waals surface area contributed by atoms with Crippen LogP contribution in [0.1, 0.15) is 30.9 Å². The van der Waals surface area contributed by atoms with E-state index in [0.29, 0.717) is 5.56 Å². The number of alkyl halides is 3. The molecule has 1 aliphatic rings. The number of rotatable bonds is 2. The maximum atomic E-state index is 13.5. The van der Waals surface area contributed by atoms with E-state index in [1.165, 1.54) is 6.07 Å². The van der Waals surface area contributed by atoms with Crippen molar-refractivity contribution in [2.75, 3.05) is 6.54 Å². The molecule has 0 radical (unpaired) electrons. The minimum absolute atomic E-state index is 0. The van der Waals surface area contributed by atoms with E-state index in [0.717, 1.165) is 37.9 Å². The second-order valence-corrected chi connectivity index (χ2v) is 4.24. The fraction of sp³-hybridized carbons (Fsp3) is 0.500. The van der Waals surface area contributed by atoms with Gasteiger partial charge in [0, 0.05) is 6.04 Å². The van der Waals surface area contributed by atoms with Crippen LogP contribution in [-0.2, 0) is 0 Å². The second-order valence-electron chi connectivity index (χ2n) is 4.24. The molecule has 1 aromatic carbocycles. The van der Waals surface area contributed by atoms with Crippen LogP contribution in [-0.4, -0.2) is 12.9 Å². The summed E-state index contributed by atoms with van der Waals surface area (Å²) in [5.74, 6) is -1.78. The zero-order valence-electron chi connectivity index (χ0n) is 9.97. The van der Waals surface area contributed by atoms with Gasteiger partial charge in [0.05, 0.1) is 0 Å². The van der Waals surface area contributed by atoms with Gasteiger partial charge in [-0.3, -0.25) is 0 Å². The molecule has 1 fully saturated rings. The molecule has 1 aromatic rings. The van der Waals surface area contributed by atoms with E-state index in [1.807, 2.05) is 0 Å². The Labute approximate surface area is 114 Å². The van der Waals surface area contributed by atoms with Crippen molar-refractivity contribution in [2.24, 2.45) is 0 Å². The zero-order valence-corrected chi connectivity index (χ0v) is 10.8. The summed E-state index contributed by atoms with van der Waals surface area (Å²) < 4.78 is 53.0. The lowest BCUT2D eigenvalue weighted by molar-refractivity contribution is -0.275. The maximum Gasteiger partial charge on any atom is 0.573 e. The van der Waals surface area contributed by atoms with Crippen LogP contribution >= 0.6 is 12.4 Å². The van der Waals surface area contributed by atoms with Crippen LogP contribution in [0.25, 0.3) is 0 Å². The van der Waals surface area contributed by atoms with Crippen molar-refractivity contribution >= 4 is 12.4 Å². The van der Waals surface area contributed by atoms with E-state index in [-0.39, 0.29) is 18.4 Å². The summed E-state index contributed by atoms with van der Waals surface area (Å²) in [5.41, 5.74) is 0.654. The Kier molecular flexibility index (Phi) is 5.43. The fourth-order valence-electron chi connectivity index (χ4n) is 2.08. The molecule has 0 saturated carbocycles. The number of hydrogen-bond donors (Lipinski definition) is 1. The van der Waals surface area contributed by atoms with E-state index < -0.39 is 17.9 Å². The number of benzene rings is 1. The van der Waals surface area contributed by atoms with Gasteiger partial charge in [0.2, 0.25) is 0 Å². The highest BCUT2D eigenvalue weighted by atomic mass is 35.5. The molecule has 1 saturated heterocycles. The van der Waals surface area contributed by atoms with Gasteiger partial charge in [0.1, 0.15) is 0 Å². The molecular formula is C12H14ClF4NO. The lowest BCUT2D eigenvalue weighted by atomic mass is 9.97. The number of nitrogens with one attached hydrogen (secondary N) is 1. The van der Waals surface area contributed by atoms with Gasteiger partial charge >= 0.3 is 6.36 Å². The van der Waals surface area contributed by atoms with Crippen LogP contribution in [0.4, 0.5) is 17.6 Å². The van der Waals surface area contributed by atoms with Crippen molar-refractivity contribution in [3.05, 3.63) is 29.6 Å². The predicted molar refractivity (Wildman–Crippen MR) is 64.9 cm³/mol. The molecule has 2 rings (SSSR count). The summed E-state index contributed by atoms with van der Waals surface area (Å²) in [4.78, 5) is 0. The smallest absolute Gasteiger partial charge is 0.403 e. The summed E-state index contributed by atoms with van der Waals surface area (Å²) >= 11 is 0. The van der Waals surface area contributed by atoms with E-state index in [4.69, 9.17) is 0 Å². The first kappa shape index (κ1) is 16.0. The molecule has 19 heavy (non-hydrogen) atoms. The van der Waals surface area contributed by atoms with Crippen LogP contribution in [0.2, 0.25) is 0 Å². The van der Waals surface area contributed by atoms with Crippen molar-refractivity contribution in [1.29, 1.82) is 0 Å². The Morgan fingerprint density at radius 2 is 1.95 bits per heavy atom. The molecule has 0 aromatic heterocycles. The Hall–Kier alpha value is -1.01. The highest BCUT2D eigenvalue weighted by Gasteiger charge is 2.32. The molecule has 108 valence electrons. The molecule has 0 unspecified atom stereocenters. The highest BCUT2D eigenvalue weighted by Crippen LogP contribution is 2.29. The van der Waals surface area contributed by atoms with Gasteiger partial charge in [-0.1, -0.05) is 12.5 Å². The van der Waals surface area contributed by atoms with Crippen molar-refractivity contribution in [2.45, 2.75) is 31.7 Å². The average Bonchev–Trinajstić information content (AvgIpc) is 2.31. The monoisotopic (exact) mass is 299 g/mol. The molecule has 2 nitrogen and oxygen atoms in total. The highest BCUT2D eigenvalue weighted by molar-refractivity contribution is 5.85. The molecule has 1 N–H and O–H groups in total. The van der Waals surface area contributed by atoms with Gasteiger partial charge in [-0.2, -0.15) is 0 Å². The van der Waals surface area contributed by atoms with Crippen LogP contribution in [0.5, 0.6) is 5.75 Å². The number of halogens is 5. The molecule has 0 amide bonds. The zero-order chi connectivity index (χ0) is 13.2. The summed E-state index contributed by atoms with van der Waals surface area (Å²) in [7, 11) is 0. The van der Waals surface area contributed by atoms with Crippen LogP contribution < -0.4 is 10.1 Å². The third-order valence-corrected chi connectivity index (χ3v) is 2.89. The van der Waals surface area contributed by atoms with Gasteiger partial charge in [-0.05, 0) is 37.1 Å². The third kappa shape index (κ3) is 4.54. The van der Waals surface area contributed by atoms with Crippen LogP contribution in [0.3, 0.4) is 0 Å². The van der Waals surface area contributed by atoms with Crippen molar-refractivity contribution in [3.63, 3.8) is 0 Å². The Morgan fingerprint density at radius 1 is 1.21 bits per heavy atom. The Balaban J connectivity index is 0.00000180. The van der Waals surface area contributed by atoms with Crippen molar-refractivity contribution < 1.29 is 22.3 Å². The molecule has 1 aliphatic heterocycles. The lowest BCUT2D eigenvalue weighted by Gasteiger charge is -2.24. The first-order chi connectivity index (χ1) is 8.46. The topological polar surface area (TPSA) is 21.3 Å². The summed E-state index contributed by atoms with van der Waals surface area (Å²) in [6.07, 6.45) is -1.92. The summed E-state index contributed by atoms with van der Waals surface area (Å²) in [5, 5.41) is 3.20. The largest absolute Gasteiger partial charge is 0.573 e. The molecular weight excluding hydrogens is 286 g/mol. The minimum atomic E-state index is -4.87. The SMILES string of the molecule is Cl.Fc1cc([C@H]2CCCCN2)ccc1OC(F)(F)F. The third-order valence-electron chi connectivity index (χ3n) is 2.89. The van der Waals surface area contributed by atoms with Crippen molar-refractivity contribution in [1.82, 2.24) is 5.32 Å². The summed E-state index contributed by atoms with van der Waals surface area (Å²) in [6.45, 7) is 0.840. The van der Waals surface area contributed by atoms with Crippen LogP contribution in [0, 0.1) is 5.82 Å². The quantitative estimate of drug-likeness (QED) is 0.835. The number of piperidine rings is 1. The standard InChI is InChI=1S/C12H13F4NO.ClH/c13-9-7-8(10-3-1-2-6-17-10)4-5-11(9)18-12(14,15)16;/h4-5,7,10,17H,1-3,6H2;1H/t10-;/m1./s1. The molecule has 7 heteroatoms. The second kappa shape index (κ2) is 6.43. The Bertz CT molecular complexity index is 419. The van der Waals surface area contributed by atoms with Gasteiger partial charge in [-0.15, -0.1) is 25.6 Å². The van der Waals surface area contributed by atoms with E-state index in [9.17, 15) is 17.6 Å². The van der Waals surface area contributed by atoms with Gasteiger partial charge < -0.3 is 10.1 Å². The van der Waals surface area contributed by atoms with Gasteiger partial charge in [0.25, 0.3) is 0 Å². The normalized spacial score (nSPS) is 19.7. The first-order valence-electron chi connectivity index (χ1n) is 5.74. The number of hydrogen-bond acceptors (Lipinski definition) is 2. The fourth-order valence-corrected chi connectivity index (χ4v) is 2.08. The molecule has 1 heterocycles. The minimum Gasteiger partial charge on any atom is -0.403 e. The molecule has 0 spiro atoms. The maximum absolute atomic E-state index is 13.5. The predicted octanol–water partition coefficient (Wildman–Crippen LogP) is 3.96. The van der Waals surface area contributed by atoms with Gasteiger partial charge in [0.15, 0.2) is 11.6 Å². The van der Waals surface area contributed by atoms with Crippen molar-refractivity contribution in [3.8, 4) is 5.75 Å². The number of ether oxygens (including phenoxy) is 1. The average molecular weight is 300 g/mol. The Morgan fingerprint density at radius 3 is 2.47 bits per heavy atom. The van der Waals surface area contributed by atoms with E-state index in [1.54, 1.807) is 0 Å². The molecule has 0 bridgehead atoms. The lowest BCUT2D eigenvalue weighted by Crippen LogP contribution is -2.26. The van der Waals surface area contributed by atoms with Crippen LogP contribution in [0.15, 0.2) is 18.2 Å². The summed E-state index contributed by atoms with van der Waals surface area (Å²) in [6, 6.07) is 3.60.